The van der Waals surface area contributed by atoms with E-state index in [1.807, 2.05) is 6.92 Å². The van der Waals surface area contributed by atoms with Crippen LogP contribution in [0.25, 0.3) is 0 Å². The van der Waals surface area contributed by atoms with Gasteiger partial charge in [0.15, 0.2) is 0 Å². The fraction of sp³-hybridized carbons (Fsp3) is 0.389. The Kier molecular flexibility index (Phi) is 8.57. The molecular weight excluding hydrogens is 325 g/mol. The minimum absolute atomic E-state index is 0.0441. The molecule has 1 rings (SSSR count). The van der Waals surface area contributed by atoms with Gasteiger partial charge in [-0.15, -0.1) is 11.8 Å². The highest BCUT2D eigenvalue weighted by Crippen LogP contribution is 2.29. The van der Waals surface area contributed by atoms with Gasteiger partial charge in [-0.2, -0.15) is 0 Å². The highest BCUT2D eigenvalue weighted by molar-refractivity contribution is 7.99. The first kappa shape index (κ1) is 20.3. The SMILES string of the molecule is C=C(C)NC(SCc1ncccc1O)C(=C)C(CN)C/C=C(\C)F. The Balaban J connectivity index is 2.82. The molecule has 4 N–H and O–H groups in total. The Morgan fingerprint density at radius 3 is 2.75 bits per heavy atom. The van der Waals surface area contributed by atoms with Gasteiger partial charge >= 0.3 is 0 Å². The molecule has 24 heavy (non-hydrogen) atoms. The fourth-order valence-corrected chi connectivity index (χ4v) is 3.32. The van der Waals surface area contributed by atoms with E-state index in [-0.39, 0.29) is 22.9 Å². The third-order valence-corrected chi connectivity index (χ3v) is 4.65. The first-order chi connectivity index (χ1) is 11.3. The largest absolute Gasteiger partial charge is 0.506 e. The van der Waals surface area contributed by atoms with Gasteiger partial charge in [0.25, 0.3) is 0 Å². The summed E-state index contributed by atoms with van der Waals surface area (Å²) in [7, 11) is 0. The van der Waals surface area contributed by atoms with Crippen LogP contribution in [0.4, 0.5) is 4.39 Å². The van der Waals surface area contributed by atoms with Gasteiger partial charge in [0.2, 0.25) is 0 Å². The van der Waals surface area contributed by atoms with E-state index >= 15 is 0 Å². The minimum atomic E-state index is -0.225. The van der Waals surface area contributed by atoms with Crippen LogP contribution in [0.2, 0.25) is 0 Å². The van der Waals surface area contributed by atoms with Crippen LogP contribution in [0.15, 0.2) is 54.7 Å². The summed E-state index contributed by atoms with van der Waals surface area (Å²) in [5, 5.41) is 13.0. The summed E-state index contributed by atoms with van der Waals surface area (Å²) in [5.74, 6) is 0.400. The van der Waals surface area contributed by atoms with Crippen LogP contribution in [0.3, 0.4) is 0 Å². The van der Waals surface area contributed by atoms with Crippen molar-refractivity contribution in [2.75, 3.05) is 6.54 Å². The number of hydrogen-bond acceptors (Lipinski definition) is 5. The van der Waals surface area contributed by atoms with Crippen molar-refractivity contribution in [3.05, 3.63) is 60.4 Å². The second-order valence-corrected chi connectivity index (χ2v) is 6.71. The molecule has 4 nitrogen and oxygen atoms in total. The fourth-order valence-electron chi connectivity index (χ4n) is 2.09. The Morgan fingerprint density at radius 2 is 2.21 bits per heavy atom. The Labute approximate surface area is 147 Å². The summed E-state index contributed by atoms with van der Waals surface area (Å²) in [6.45, 7) is 11.7. The standard InChI is InChI=1S/C18H26FN3OS/c1-12(2)22-18(14(4)15(10-20)8-7-13(3)19)24-11-16-17(23)6-5-9-21-16/h5-7,9,15,18,22-23H,1,4,8,10-11,20H2,2-3H3/b13-7+. The molecule has 0 fully saturated rings. The smallest absolute Gasteiger partial charge is 0.137 e. The molecule has 0 aliphatic rings. The molecule has 132 valence electrons. The molecule has 1 aromatic rings. The molecule has 0 aliphatic carbocycles. The number of aromatic hydroxyl groups is 1. The predicted molar refractivity (Wildman–Crippen MR) is 100 cm³/mol. The monoisotopic (exact) mass is 351 g/mol. The zero-order chi connectivity index (χ0) is 18.1. The molecule has 0 saturated heterocycles. The molecule has 0 radical (unpaired) electrons. The number of aromatic nitrogens is 1. The summed E-state index contributed by atoms with van der Waals surface area (Å²) < 4.78 is 13.0. The zero-order valence-electron chi connectivity index (χ0n) is 14.3. The van der Waals surface area contributed by atoms with Gasteiger partial charge in [-0.05, 0) is 50.4 Å². The van der Waals surface area contributed by atoms with Gasteiger partial charge in [0.1, 0.15) is 5.75 Å². The van der Waals surface area contributed by atoms with Crippen LogP contribution in [0, 0.1) is 5.92 Å². The quantitative estimate of drug-likeness (QED) is 0.441. The lowest BCUT2D eigenvalue weighted by molar-refractivity contribution is 0.467. The number of nitrogens with zero attached hydrogens (tertiary/aromatic N) is 1. The summed E-state index contributed by atoms with van der Waals surface area (Å²) in [5.41, 5.74) is 8.11. The number of nitrogens with one attached hydrogen (secondary N) is 1. The molecule has 6 heteroatoms. The van der Waals surface area contributed by atoms with Crippen LogP contribution in [0.5, 0.6) is 5.75 Å². The molecule has 1 heterocycles. The number of pyridine rings is 1. The summed E-state index contributed by atoms with van der Waals surface area (Å²) in [6.07, 6.45) is 3.67. The third-order valence-electron chi connectivity index (χ3n) is 3.46. The van der Waals surface area contributed by atoms with E-state index < -0.39 is 0 Å². The number of rotatable bonds is 10. The van der Waals surface area contributed by atoms with E-state index in [2.05, 4.69) is 23.5 Å². The third kappa shape index (κ3) is 6.76. The number of thioether (sulfide) groups is 1. The van der Waals surface area contributed by atoms with Crippen molar-refractivity contribution in [2.24, 2.45) is 11.7 Å². The van der Waals surface area contributed by atoms with E-state index in [1.165, 1.54) is 24.8 Å². The van der Waals surface area contributed by atoms with Crippen molar-refractivity contribution in [1.29, 1.82) is 0 Å². The first-order valence-electron chi connectivity index (χ1n) is 7.72. The van der Waals surface area contributed by atoms with Crippen molar-refractivity contribution in [1.82, 2.24) is 10.3 Å². The van der Waals surface area contributed by atoms with Crippen LogP contribution < -0.4 is 11.1 Å². The molecule has 0 spiro atoms. The normalized spacial score (nSPS) is 14.1. The van der Waals surface area contributed by atoms with Gasteiger partial charge in [-0.1, -0.05) is 19.2 Å². The van der Waals surface area contributed by atoms with Crippen LogP contribution >= 0.6 is 11.8 Å². The van der Waals surface area contributed by atoms with Crippen LogP contribution in [0.1, 0.15) is 26.0 Å². The maximum absolute atomic E-state index is 13.0. The van der Waals surface area contributed by atoms with Crippen molar-refractivity contribution >= 4 is 11.8 Å². The molecule has 1 aromatic heterocycles. The molecule has 2 atom stereocenters. The molecule has 0 aromatic carbocycles. The topological polar surface area (TPSA) is 71.2 Å². The summed E-state index contributed by atoms with van der Waals surface area (Å²) >= 11 is 1.54. The van der Waals surface area contributed by atoms with Gasteiger partial charge in [-0.25, -0.2) is 4.39 Å². The van der Waals surface area contributed by atoms with E-state index in [4.69, 9.17) is 5.73 Å². The highest BCUT2D eigenvalue weighted by Gasteiger charge is 2.21. The Bertz CT molecular complexity index is 600. The Morgan fingerprint density at radius 1 is 1.50 bits per heavy atom. The van der Waals surface area contributed by atoms with Crippen molar-refractivity contribution in [3.63, 3.8) is 0 Å². The molecule has 0 aliphatic heterocycles. The lowest BCUT2D eigenvalue weighted by Gasteiger charge is -2.27. The maximum atomic E-state index is 13.0. The first-order valence-corrected chi connectivity index (χ1v) is 8.77. The average molecular weight is 351 g/mol. The number of nitrogens with two attached hydrogens (primary N) is 1. The van der Waals surface area contributed by atoms with E-state index in [9.17, 15) is 9.50 Å². The van der Waals surface area contributed by atoms with Gasteiger partial charge in [0.05, 0.1) is 16.9 Å². The molecule has 0 bridgehead atoms. The molecule has 2 unspecified atom stereocenters. The van der Waals surface area contributed by atoms with Gasteiger partial charge in [0, 0.05) is 17.6 Å². The van der Waals surface area contributed by atoms with Crippen LogP contribution in [-0.4, -0.2) is 22.0 Å². The molecule has 0 amide bonds. The zero-order valence-corrected chi connectivity index (χ0v) is 15.1. The molecular formula is C18H26FN3OS. The van der Waals surface area contributed by atoms with Gasteiger partial charge < -0.3 is 16.2 Å². The number of allylic oxidation sites excluding steroid dienone is 3. The lowest BCUT2D eigenvalue weighted by Crippen LogP contribution is -2.31. The van der Waals surface area contributed by atoms with E-state index in [1.54, 1.807) is 18.3 Å². The lowest BCUT2D eigenvalue weighted by atomic mass is 9.96. The molecule has 0 saturated carbocycles. The maximum Gasteiger partial charge on any atom is 0.137 e. The van der Waals surface area contributed by atoms with Crippen LogP contribution in [-0.2, 0) is 5.75 Å². The highest BCUT2D eigenvalue weighted by atomic mass is 32.2. The Hall–Kier alpha value is -1.79. The van der Waals surface area contributed by atoms with E-state index in [0.29, 0.717) is 24.4 Å². The summed E-state index contributed by atoms with van der Waals surface area (Å²) in [4.78, 5) is 4.18. The van der Waals surface area contributed by atoms with Crippen molar-refractivity contribution < 1.29 is 9.50 Å². The predicted octanol–water partition coefficient (Wildman–Crippen LogP) is 3.86. The summed E-state index contributed by atoms with van der Waals surface area (Å²) in [6, 6.07) is 3.29. The number of hydrogen-bond donors (Lipinski definition) is 3. The van der Waals surface area contributed by atoms with Gasteiger partial charge in [-0.3, -0.25) is 4.98 Å². The number of halogens is 1. The van der Waals surface area contributed by atoms with E-state index in [0.717, 1.165) is 11.3 Å². The second-order valence-electron chi connectivity index (χ2n) is 5.62. The van der Waals surface area contributed by atoms with Crippen molar-refractivity contribution in [2.45, 2.75) is 31.4 Å². The van der Waals surface area contributed by atoms with Crippen molar-refractivity contribution in [3.8, 4) is 5.75 Å². The second kappa shape index (κ2) is 10.2. The average Bonchev–Trinajstić information content (AvgIpc) is 2.52. The minimum Gasteiger partial charge on any atom is -0.506 e.